The van der Waals surface area contributed by atoms with E-state index in [1.54, 1.807) is 19.2 Å². The average Bonchev–Trinajstić information content (AvgIpc) is 3.00. The number of hydrogen-bond acceptors (Lipinski definition) is 2. The summed E-state index contributed by atoms with van der Waals surface area (Å²) >= 11 is 0. The van der Waals surface area contributed by atoms with Gasteiger partial charge in [-0.15, -0.1) is 0 Å². The van der Waals surface area contributed by atoms with Crippen LogP contribution in [0.2, 0.25) is 0 Å². The van der Waals surface area contributed by atoms with E-state index in [2.05, 4.69) is 4.98 Å². The van der Waals surface area contributed by atoms with Crippen LogP contribution < -0.4 is 0 Å². The summed E-state index contributed by atoms with van der Waals surface area (Å²) in [4.78, 5) is 27.7. The Hall–Kier alpha value is -1.78. The molecule has 0 spiro atoms. The molecule has 5 heteroatoms. The molecule has 1 amide bonds. The molecule has 92 valence electrons. The molecule has 2 rings (SSSR count). The number of H-pyrrole nitrogens is 1. The van der Waals surface area contributed by atoms with E-state index in [1.165, 1.54) is 4.90 Å². The second-order valence-corrected chi connectivity index (χ2v) is 4.47. The molecule has 0 bridgehead atoms. The molecular formula is C12H16N2O3. The fourth-order valence-corrected chi connectivity index (χ4v) is 1.95. The van der Waals surface area contributed by atoms with E-state index >= 15 is 0 Å². The summed E-state index contributed by atoms with van der Waals surface area (Å²) in [6, 6.07) is 1.01. The van der Waals surface area contributed by atoms with Crippen molar-refractivity contribution in [2.75, 3.05) is 0 Å². The van der Waals surface area contributed by atoms with Crippen molar-refractivity contribution in [3.05, 3.63) is 23.5 Å². The van der Waals surface area contributed by atoms with Gasteiger partial charge in [-0.05, 0) is 32.8 Å². The predicted molar refractivity (Wildman–Crippen MR) is 61.8 cm³/mol. The van der Waals surface area contributed by atoms with Crippen LogP contribution in [0.15, 0.2) is 12.3 Å². The van der Waals surface area contributed by atoms with E-state index in [-0.39, 0.29) is 11.9 Å². The van der Waals surface area contributed by atoms with Crippen LogP contribution in [0.5, 0.6) is 0 Å². The van der Waals surface area contributed by atoms with Crippen molar-refractivity contribution < 1.29 is 14.7 Å². The van der Waals surface area contributed by atoms with Gasteiger partial charge in [-0.1, -0.05) is 0 Å². The van der Waals surface area contributed by atoms with Crippen LogP contribution in [-0.2, 0) is 4.79 Å². The van der Waals surface area contributed by atoms with Crippen molar-refractivity contribution in [1.29, 1.82) is 0 Å². The summed E-state index contributed by atoms with van der Waals surface area (Å²) in [6.07, 6.45) is 3.48. The van der Waals surface area contributed by atoms with Crippen molar-refractivity contribution in [3.8, 4) is 0 Å². The molecule has 0 aliphatic heterocycles. The fourth-order valence-electron chi connectivity index (χ4n) is 1.95. The third-order valence-corrected chi connectivity index (χ3v) is 3.13. The zero-order chi connectivity index (χ0) is 12.6. The summed E-state index contributed by atoms with van der Waals surface area (Å²) in [6.45, 7) is 3.37. The molecule has 1 aromatic rings. The molecular weight excluding hydrogens is 220 g/mol. The maximum atomic E-state index is 12.3. The second-order valence-electron chi connectivity index (χ2n) is 4.47. The van der Waals surface area contributed by atoms with Crippen LogP contribution in [0.1, 0.15) is 35.8 Å². The highest BCUT2D eigenvalue weighted by Crippen LogP contribution is 2.30. The van der Waals surface area contributed by atoms with Crippen LogP contribution in [0.4, 0.5) is 0 Å². The van der Waals surface area contributed by atoms with E-state index in [9.17, 15) is 9.59 Å². The van der Waals surface area contributed by atoms with Gasteiger partial charge in [0.15, 0.2) is 0 Å². The minimum atomic E-state index is -0.960. The van der Waals surface area contributed by atoms with E-state index < -0.39 is 12.0 Å². The smallest absolute Gasteiger partial charge is 0.326 e. The molecule has 1 unspecified atom stereocenters. The Bertz CT molecular complexity index is 448. The molecule has 17 heavy (non-hydrogen) atoms. The first kappa shape index (κ1) is 11.7. The summed E-state index contributed by atoms with van der Waals surface area (Å²) in [5.74, 6) is -1.15. The van der Waals surface area contributed by atoms with Gasteiger partial charge >= 0.3 is 5.97 Å². The number of aliphatic carboxylic acids is 1. The van der Waals surface area contributed by atoms with Crippen molar-refractivity contribution >= 4 is 11.9 Å². The minimum Gasteiger partial charge on any atom is -0.480 e. The third-order valence-electron chi connectivity index (χ3n) is 3.13. The topological polar surface area (TPSA) is 73.4 Å². The van der Waals surface area contributed by atoms with Gasteiger partial charge < -0.3 is 15.0 Å². The maximum Gasteiger partial charge on any atom is 0.326 e. The molecule has 1 aliphatic rings. The van der Waals surface area contributed by atoms with E-state index in [1.807, 2.05) is 6.92 Å². The van der Waals surface area contributed by atoms with Gasteiger partial charge in [0.1, 0.15) is 6.04 Å². The predicted octanol–water partition coefficient (Wildman–Crippen LogP) is 1.40. The quantitative estimate of drug-likeness (QED) is 0.829. The Kier molecular flexibility index (Phi) is 2.92. The van der Waals surface area contributed by atoms with Gasteiger partial charge in [0.2, 0.25) is 0 Å². The van der Waals surface area contributed by atoms with Gasteiger partial charge in [-0.3, -0.25) is 4.79 Å². The minimum absolute atomic E-state index is 0.0860. The largest absolute Gasteiger partial charge is 0.480 e. The van der Waals surface area contributed by atoms with Gasteiger partial charge in [-0.25, -0.2) is 4.79 Å². The lowest BCUT2D eigenvalue weighted by Gasteiger charge is -2.26. The summed E-state index contributed by atoms with van der Waals surface area (Å²) in [5, 5.41) is 9.04. The molecule has 1 heterocycles. The molecule has 0 saturated heterocycles. The van der Waals surface area contributed by atoms with Crippen LogP contribution in [0.25, 0.3) is 0 Å². The number of nitrogens with zero attached hydrogens (tertiary/aromatic N) is 1. The first-order valence-electron chi connectivity index (χ1n) is 5.72. The molecule has 1 aromatic heterocycles. The number of amides is 1. The van der Waals surface area contributed by atoms with E-state index in [4.69, 9.17) is 5.11 Å². The zero-order valence-corrected chi connectivity index (χ0v) is 9.93. The molecule has 0 radical (unpaired) electrons. The van der Waals surface area contributed by atoms with Crippen LogP contribution in [0, 0.1) is 6.92 Å². The molecule has 1 aliphatic carbocycles. The number of carbonyl (C=O) groups excluding carboxylic acids is 1. The molecule has 1 fully saturated rings. The van der Waals surface area contributed by atoms with Gasteiger partial charge in [0.25, 0.3) is 5.91 Å². The number of rotatable bonds is 4. The Balaban J connectivity index is 2.25. The zero-order valence-electron chi connectivity index (χ0n) is 9.93. The highest BCUT2D eigenvalue weighted by molar-refractivity contribution is 5.97. The monoisotopic (exact) mass is 236 g/mol. The van der Waals surface area contributed by atoms with Gasteiger partial charge in [0.05, 0.1) is 5.56 Å². The average molecular weight is 236 g/mol. The molecule has 5 nitrogen and oxygen atoms in total. The maximum absolute atomic E-state index is 12.3. The highest BCUT2D eigenvalue weighted by Gasteiger charge is 2.39. The number of carbonyl (C=O) groups is 2. The first-order valence-corrected chi connectivity index (χ1v) is 5.72. The normalized spacial score (nSPS) is 16.6. The SMILES string of the molecule is Cc1[nH]ccc1C(=O)N(C1CC1)C(C)C(=O)O. The lowest BCUT2D eigenvalue weighted by Crippen LogP contribution is -2.44. The second kappa shape index (κ2) is 4.24. The van der Waals surface area contributed by atoms with Crippen LogP contribution >= 0.6 is 0 Å². The summed E-state index contributed by atoms with van der Waals surface area (Å²) in [5.41, 5.74) is 1.34. The van der Waals surface area contributed by atoms with Crippen molar-refractivity contribution in [2.45, 2.75) is 38.8 Å². The Labute approximate surface area is 99.4 Å². The first-order chi connectivity index (χ1) is 8.02. The van der Waals surface area contributed by atoms with Crippen molar-refractivity contribution in [3.63, 3.8) is 0 Å². The fraction of sp³-hybridized carbons (Fsp3) is 0.500. The molecule has 0 aromatic carbocycles. The lowest BCUT2D eigenvalue weighted by molar-refractivity contribution is -0.141. The standard InChI is InChI=1S/C12H16N2O3/c1-7-10(5-6-13-7)11(15)14(9-3-4-9)8(2)12(16)17/h5-6,8-9,13H,3-4H2,1-2H3,(H,16,17). The number of hydrogen-bond donors (Lipinski definition) is 2. The van der Waals surface area contributed by atoms with Crippen molar-refractivity contribution in [2.24, 2.45) is 0 Å². The Morgan fingerprint density at radius 1 is 1.53 bits per heavy atom. The summed E-state index contributed by atoms with van der Waals surface area (Å²) < 4.78 is 0. The number of nitrogens with one attached hydrogen (secondary N) is 1. The molecule has 1 saturated carbocycles. The summed E-state index contributed by atoms with van der Waals surface area (Å²) in [7, 11) is 0. The van der Waals surface area contributed by atoms with Gasteiger partial charge in [-0.2, -0.15) is 0 Å². The number of aromatic nitrogens is 1. The number of aromatic amines is 1. The highest BCUT2D eigenvalue weighted by atomic mass is 16.4. The van der Waals surface area contributed by atoms with Crippen molar-refractivity contribution in [1.82, 2.24) is 9.88 Å². The van der Waals surface area contributed by atoms with E-state index in [0.29, 0.717) is 5.56 Å². The van der Waals surface area contributed by atoms with Crippen LogP contribution in [-0.4, -0.2) is 39.0 Å². The van der Waals surface area contributed by atoms with Gasteiger partial charge in [0, 0.05) is 17.9 Å². The molecule has 2 N–H and O–H groups in total. The van der Waals surface area contributed by atoms with Crippen LogP contribution in [0.3, 0.4) is 0 Å². The third kappa shape index (κ3) is 2.18. The number of carboxylic acid groups (broad SMARTS) is 1. The Morgan fingerprint density at radius 2 is 2.18 bits per heavy atom. The Morgan fingerprint density at radius 3 is 2.59 bits per heavy atom. The number of aryl methyl sites for hydroxylation is 1. The molecule has 1 atom stereocenters. The number of carboxylic acids is 1. The van der Waals surface area contributed by atoms with E-state index in [0.717, 1.165) is 18.5 Å². The lowest BCUT2D eigenvalue weighted by atomic mass is 10.2.